The molecular weight excluding hydrogens is 326 g/mol. The van der Waals surface area contributed by atoms with Crippen molar-refractivity contribution < 1.29 is 9.21 Å². The zero-order valence-electron chi connectivity index (χ0n) is 13.8. The zero-order valence-corrected chi connectivity index (χ0v) is 14.6. The molecule has 1 fully saturated rings. The van der Waals surface area contributed by atoms with Gasteiger partial charge >= 0.3 is 0 Å². The van der Waals surface area contributed by atoms with Crippen molar-refractivity contribution in [3.63, 3.8) is 0 Å². The van der Waals surface area contributed by atoms with Gasteiger partial charge in [-0.1, -0.05) is 18.5 Å². The number of nitrogens with one attached hydrogen (secondary N) is 1. The number of nitrogens with zero attached hydrogens (tertiary/aromatic N) is 2. The number of carbonyl (C=O) groups excluding carboxylic acids is 1. The molecule has 1 aliphatic rings. The Bertz CT molecular complexity index is 678. The van der Waals surface area contributed by atoms with Crippen LogP contribution >= 0.6 is 11.6 Å². The van der Waals surface area contributed by atoms with Crippen LogP contribution < -0.4 is 5.32 Å². The molecule has 0 bridgehead atoms. The summed E-state index contributed by atoms with van der Waals surface area (Å²) in [6.45, 7) is 4.73. The maximum Gasteiger partial charge on any atom is 0.229 e. The van der Waals surface area contributed by atoms with Gasteiger partial charge in [-0.2, -0.15) is 0 Å². The summed E-state index contributed by atoms with van der Waals surface area (Å²) in [6, 6.07) is 7.59. The second kappa shape index (κ2) is 7.81. The Morgan fingerprint density at radius 2 is 2.21 bits per heavy atom. The smallest absolute Gasteiger partial charge is 0.229 e. The van der Waals surface area contributed by atoms with Crippen LogP contribution in [0.25, 0.3) is 11.5 Å². The van der Waals surface area contributed by atoms with Crippen molar-refractivity contribution in [3.05, 3.63) is 41.2 Å². The van der Waals surface area contributed by atoms with E-state index in [4.69, 9.17) is 16.0 Å². The van der Waals surface area contributed by atoms with Crippen molar-refractivity contribution >= 4 is 17.5 Å². The first-order valence-electron chi connectivity index (χ1n) is 8.38. The summed E-state index contributed by atoms with van der Waals surface area (Å²) in [5, 5.41) is 3.99. The monoisotopic (exact) mass is 347 g/mol. The summed E-state index contributed by atoms with van der Waals surface area (Å²) in [4.78, 5) is 19.1. The molecule has 0 aliphatic carbocycles. The van der Waals surface area contributed by atoms with Gasteiger partial charge in [0.2, 0.25) is 11.8 Å². The highest BCUT2D eigenvalue weighted by molar-refractivity contribution is 6.30. The average Bonchev–Trinajstić information content (AvgIpc) is 3.25. The van der Waals surface area contributed by atoms with E-state index in [-0.39, 0.29) is 12.3 Å². The van der Waals surface area contributed by atoms with E-state index < -0.39 is 0 Å². The number of halogens is 1. The third kappa shape index (κ3) is 3.97. The van der Waals surface area contributed by atoms with E-state index in [9.17, 15) is 4.79 Å². The summed E-state index contributed by atoms with van der Waals surface area (Å²) in [7, 11) is 0. The summed E-state index contributed by atoms with van der Waals surface area (Å²) in [5.41, 5.74) is 1.51. The van der Waals surface area contributed by atoms with E-state index in [1.165, 1.54) is 0 Å². The van der Waals surface area contributed by atoms with Gasteiger partial charge in [-0.25, -0.2) is 4.98 Å². The lowest BCUT2D eigenvalue weighted by atomic mass is 10.1. The fraction of sp³-hybridized carbons (Fsp3) is 0.444. The van der Waals surface area contributed by atoms with Crippen LogP contribution in [-0.2, 0) is 11.2 Å². The van der Waals surface area contributed by atoms with Crippen LogP contribution in [0.3, 0.4) is 0 Å². The fourth-order valence-corrected chi connectivity index (χ4v) is 3.15. The first-order valence-corrected chi connectivity index (χ1v) is 8.75. The average molecular weight is 348 g/mol. The number of hydrogen-bond donors (Lipinski definition) is 1. The Kier molecular flexibility index (Phi) is 5.53. The van der Waals surface area contributed by atoms with Gasteiger partial charge in [0.15, 0.2) is 0 Å². The fourth-order valence-electron chi connectivity index (χ4n) is 3.03. The zero-order chi connectivity index (χ0) is 16.9. The molecule has 1 N–H and O–H groups in total. The SMILES string of the molecule is CCCN(C(=O)Cc1coc(-c2ccc(Cl)cc2)n1)C1CCNC1. The van der Waals surface area contributed by atoms with Crippen LogP contribution in [0.4, 0.5) is 0 Å². The van der Waals surface area contributed by atoms with Gasteiger partial charge < -0.3 is 14.6 Å². The number of rotatable bonds is 6. The van der Waals surface area contributed by atoms with Crippen molar-refractivity contribution in [2.24, 2.45) is 0 Å². The van der Waals surface area contributed by atoms with Gasteiger partial charge in [-0.05, 0) is 43.7 Å². The highest BCUT2D eigenvalue weighted by Gasteiger charge is 2.26. The van der Waals surface area contributed by atoms with Gasteiger partial charge in [0.05, 0.1) is 12.1 Å². The molecule has 1 aliphatic heterocycles. The molecule has 5 nitrogen and oxygen atoms in total. The van der Waals surface area contributed by atoms with Crippen molar-refractivity contribution in [3.8, 4) is 11.5 Å². The molecule has 6 heteroatoms. The Morgan fingerprint density at radius 3 is 2.88 bits per heavy atom. The molecule has 1 atom stereocenters. The minimum absolute atomic E-state index is 0.113. The molecule has 1 saturated heterocycles. The number of oxazole rings is 1. The molecule has 1 aromatic carbocycles. The number of hydrogen-bond acceptors (Lipinski definition) is 4. The lowest BCUT2D eigenvalue weighted by Crippen LogP contribution is -2.42. The lowest BCUT2D eigenvalue weighted by Gasteiger charge is -2.28. The molecule has 1 aromatic heterocycles. The van der Waals surface area contributed by atoms with Crippen LogP contribution in [0.5, 0.6) is 0 Å². The number of carbonyl (C=O) groups is 1. The summed E-state index contributed by atoms with van der Waals surface area (Å²) < 4.78 is 5.52. The van der Waals surface area contributed by atoms with Crippen LogP contribution in [-0.4, -0.2) is 41.5 Å². The molecule has 24 heavy (non-hydrogen) atoms. The highest BCUT2D eigenvalue weighted by Crippen LogP contribution is 2.21. The largest absolute Gasteiger partial charge is 0.444 e. The van der Waals surface area contributed by atoms with Crippen LogP contribution in [0.15, 0.2) is 34.9 Å². The van der Waals surface area contributed by atoms with Crippen LogP contribution in [0, 0.1) is 0 Å². The standard InChI is InChI=1S/C18H22ClN3O2/c1-2-9-22(16-7-8-20-11-16)17(23)10-15-12-24-18(21-15)13-3-5-14(19)6-4-13/h3-6,12,16,20H,2,7-11H2,1H3. The normalized spacial score (nSPS) is 17.2. The molecule has 1 unspecified atom stereocenters. The van der Waals surface area contributed by atoms with Crippen molar-refractivity contribution in [2.75, 3.05) is 19.6 Å². The van der Waals surface area contributed by atoms with E-state index >= 15 is 0 Å². The van der Waals surface area contributed by atoms with E-state index in [0.717, 1.165) is 38.0 Å². The predicted molar refractivity (Wildman–Crippen MR) is 93.9 cm³/mol. The second-order valence-electron chi connectivity index (χ2n) is 6.06. The van der Waals surface area contributed by atoms with Gasteiger partial charge in [-0.15, -0.1) is 0 Å². The van der Waals surface area contributed by atoms with E-state index in [0.29, 0.717) is 22.6 Å². The molecule has 2 aromatic rings. The van der Waals surface area contributed by atoms with E-state index in [1.807, 2.05) is 17.0 Å². The number of aromatic nitrogens is 1. The van der Waals surface area contributed by atoms with Gasteiger partial charge in [-0.3, -0.25) is 4.79 Å². The maximum atomic E-state index is 12.7. The summed E-state index contributed by atoms with van der Waals surface area (Å²) in [6.07, 6.45) is 3.81. The molecule has 1 amide bonds. The lowest BCUT2D eigenvalue weighted by molar-refractivity contribution is -0.132. The third-order valence-electron chi connectivity index (χ3n) is 4.24. The summed E-state index contributed by atoms with van der Waals surface area (Å²) >= 11 is 5.89. The Hall–Kier alpha value is -1.85. The second-order valence-corrected chi connectivity index (χ2v) is 6.50. The Labute approximate surface area is 147 Å². The molecule has 128 valence electrons. The maximum absolute atomic E-state index is 12.7. The summed E-state index contributed by atoms with van der Waals surface area (Å²) in [5.74, 6) is 0.626. The van der Waals surface area contributed by atoms with E-state index in [2.05, 4.69) is 17.2 Å². The number of benzene rings is 1. The van der Waals surface area contributed by atoms with Crippen molar-refractivity contribution in [1.82, 2.24) is 15.2 Å². The molecule has 2 heterocycles. The molecular formula is C18H22ClN3O2. The predicted octanol–water partition coefficient (Wildman–Crippen LogP) is 3.14. The molecule has 0 radical (unpaired) electrons. The quantitative estimate of drug-likeness (QED) is 0.872. The molecule has 0 saturated carbocycles. The van der Waals surface area contributed by atoms with Gasteiger partial charge in [0.1, 0.15) is 6.26 Å². The van der Waals surface area contributed by atoms with Crippen molar-refractivity contribution in [2.45, 2.75) is 32.2 Å². The van der Waals surface area contributed by atoms with E-state index in [1.54, 1.807) is 18.4 Å². The minimum atomic E-state index is 0.113. The van der Waals surface area contributed by atoms with Crippen LogP contribution in [0.2, 0.25) is 5.02 Å². The first-order chi connectivity index (χ1) is 11.7. The third-order valence-corrected chi connectivity index (χ3v) is 4.49. The number of amides is 1. The topological polar surface area (TPSA) is 58.4 Å². The van der Waals surface area contributed by atoms with Crippen LogP contribution in [0.1, 0.15) is 25.5 Å². The Morgan fingerprint density at radius 1 is 1.42 bits per heavy atom. The Balaban J connectivity index is 1.68. The highest BCUT2D eigenvalue weighted by atomic mass is 35.5. The molecule has 0 spiro atoms. The minimum Gasteiger partial charge on any atom is -0.444 e. The van der Waals surface area contributed by atoms with Gasteiger partial charge in [0, 0.05) is 29.7 Å². The van der Waals surface area contributed by atoms with Crippen molar-refractivity contribution in [1.29, 1.82) is 0 Å². The van der Waals surface area contributed by atoms with Gasteiger partial charge in [0.25, 0.3) is 0 Å². The molecule has 3 rings (SSSR count). The first kappa shape index (κ1) is 17.0.